The van der Waals surface area contributed by atoms with Gasteiger partial charge in [0.2, 0.25) is 0 Å². The average Bonchev–Trinajstić information content (AvgIpc) is 2.43. The van der Waals surface area contributed by atoms with Gasteiger partial charge in [0.05, 0.1) is 35.8 Å². The maximum absolute atomic E-state index is 8.81. The molecule has 19 heavy (non-hydrogen) atoms. The number of nitrogens with zero attached hydrogens (tertiary/aromatic N) is 1. The van der Waals surface area contributed by atoms with Gasteiger partial charge in [-0.2, -0.15) is 5.26 Å². The van der Waals surface area contributed by atoms with Crippen molar-refractivity contribution in [3.05, 3.63) is 46.4 Å². The largest absolute Gasteiger partial charge is 0.497 e. The van der Waals surface area contributed by atoms with Crippen molar-refractivity contribution in [2.75, 3.05) is 18.2 Å². The maximum atomic E-state index is 8.81. The Labute approximate surface area is 119 Å². The van der Waals surface area contributed by atoms with Crippen LogP contribution in [0.1, 0.15) is 5.56 Å². The molecule has 5 heteroatoms. The lowest BCUT2D eigenvalue weighted by Gasteiger charge is -2.12. The summed E-state index contributed by atoms with van der Waals surface area (Å²) in [6.07, 6.45) is 0. The zero-order valence-corrected chi connectivity index (χ0v) is 11.9. The Balaban J connectivity index is 2.33. The van der Waals surface area contributed by atoms with Gasteiger partial charge in [0.1, 0.15) is 5.75 Å². The molecule has 0 spiro atoms. The fourth-order valence-electron chi connectivity index (χ4n) is 1.62. The number of nitrogens with one attached hydrogen (secondary N) is 1. The molecule has 4 nitrogen and oxygen atoms in total. The van der Waals surface area contributed by atoms with E-state index in [9.17, 15) is 0 Å². The summed E-state index contributed by atoms with van der Waals surface area (Å²) in [5, 5.41) is 12.0. The molecule has 0 radical (unpaired) electrons. The Morgan fingerprint density at radius 2 is 2.00 bits per heavy atom. The van der Waals surface area contributed by atoms with Crippen LogP contribution in [0.2, 0.25) is 0 Å². The highest BCUT2D eigenvalue weighted by molar-refractivity contribution is 9.10. The second-order valence-electron chi connectivity index (χ2n) is 3.88. The molecule has 3 N–H and O–H groups in total. The van der Waals surface area contributed by atoms with Crippen molar-refractivity contribution in [2.24, 2.45) is 0 Å². The molecule has 0 atom stereocenters. The minimum atomic E-state index is 0.522. The lowest BCUT2D eigenvalue weighted by atomic mass is 10.2. The topological polar surface area (TPSA) is 71.1 Å². The molecule has 0 aliphatic carbocycles. The number of benzene rings is 2. The van der Waals surface area contributed by atoms with Crippen LogP contribution in [-0.4, -0.2) is 7.11 Å². The third-order valence-electron chi connectivity index (χ3n) is 2.62. The van der Waals surface area contributed by atoms with E-state index in [4.69, 9.17) is 15.7 Å². The van der Waals surface area contributed by atoms with E-state index in [2.05, 4.69) is 27.3 Å². The molecule has 0 bridgehead atoms. The van der Waals surface area contributed by atoms with Gasteiger partial charge >= 0.3 is 0 Å². The van der Waals surface area contributed by atoms with Gasteiger partial charge in [0, 0.05) is 10.5 Å². The van der Waals surface area contributed by atoms with Crippen LogP contribution in [0.3, 0.4) is 0 Å². The standard InChI is InChI=1S/C14H12BrN3O/c1-19-10-3-4-11(15)14(7-10)18-13-5-2-9(8-16)6-12(13)17/h2-7,18H,17H2,1H3. The van der Waals surface area contributed by atoms with Crippen molar-refractivity contribution in [1.82, 2.24) is 0 Å². The lowest BCUT2D eigenvalue weighted by molar-refractivity contribution is 0.415. The first kappa shape index (κ1) is 13.2. The summed E-state index contributed by atoms with van der Waals surface area (Å²) in [4.78, 5) is 0. The fraction of sp³-hybridized carbons (Fsp3) is 0.0714. The van der Waals surface area contributed by atoms with Crippen molar-refractivity contribution in [1.29, 1.82) is 5.26 Å². The van der Waals surface area contributed by atoms with Crippen molar-refractivity contribution in [2.45, 2.75) is 0 Å². The van der Waals surface area contributed by atoms with Crippen LogP contribution in [0.4, 0.5) is 17.1 Å². The van der Waals surface area contributed by atoms with Gasteiger partial charge in [-0.1, -0.05) is 0 Å². The first-order valence-corrected chi connectivity index (χ1v) is 6.33. The summed E-state index contributed by atoms with van der Waals surface area (Å²) in [5.41, 5.74) is 8.55. The summed E-state index contributed by atoms with van der Waals surface area (Å²) in [5.74, 6) is 0.748. The van der Waals surface area contributed by atoms with E-state index < -0.39 is 0 Å². The molecule has 2 aromatic carbocycles. The SMILES string of the molecule is COc1ccc(Br)c(Nc2ccc(C#N)cc2N)c1. The molecule has 0 saturated carbocycles. The van der Waals surface area contributed by atoms with Gasteiger partial charge in [-0.05, 0) is 46.3 Å². The highest BCUT2D eigenvalue weighted by atomic mass is 79.9. The maximum Gasteiger partial charge on any atom is 0.121 e. The van der Waals surface area contributed by atoms with Crippen LogP contribution in [0, 0.1) is 11.3 Å². The Hall–Kier alpha value is -2.19. The fourth-order valence-corrected chi connectivity index (χ4v) is 1.96. The molecule has 2 rings (SSSR count). The van der Waals surface area contributed by atoms with Gasteiger partial charge in [0.25, 0.3) is 0 Å². The van der Waals surface area contributed by atoms with Gasteiger partial charge in [-0.15, -0.1) is 0 Å². The molecule has 2 aromatic rings. The predicted molar refractivity (Wildman–Crippen MR) is 79.5 cm³/mol. The van der Waals surface area contributed by atoms with E-state index in [1.165, 1.54) is 0 Å². The summed E-state index contributed by atoms with van der Waals surface area (Å²) in [6.45, 7) is 0. The van der Waals surface area contributed by atoms with Crippen molar-refractivity contribution >= 4 is 33.0 Å². The molecule has 0 fully saturated rings. The summed E-state index contributed by atoms with van der Waals surface area (Å²) in [7, 11) is 1.61. The first-order valence-electron chi connectivity index (χ1n) is 5.54. The number of ether oxygens (including phenoxy) is 1. The van der Waals surface area contributed by atoms with Crippen LogP contribution < -0.4 is 15.8 Å². The molecule has 0 heterocycles. The smallest absolute Gasteiger partial charge is 0.121 e. The molecular formula is C14H12BrN3O. The Kier molecular flexibility index (Phi) is 3.93. The zero-order valence-electron chi connectivity index (χ0n) is 10.3. The molecule has 0 aromatic heterocycles. The van der Waals surface area contributed by atoms with Crippen molar-refractivity contribution < 1.29 is 4.74 Å². The second kappa shape index (κ2) is 5.63. The average molecular weight is 318 g/mol. The summed E-state index contributed by atoms with van der Waals surface area (Å²) < 4.78 is 6.08. The molecule has 0 unspecified atom stereocenters. The van der Waals surface area contributed by atoms with Crippen molar-refractivity contribution in [3.8, 4) is 11.8 Å². The van der Waals surface area contributed by atoms with Crippen molar-refractivity contribution in [3.63, 3.8) is 0 Å². The highest BCUT2D eigenvalue weighted by Gasteiger charge is 2.05. The number of anilines is 3. The van der Waals surface area contributed by atoms with E-state index in [-0.39, 0.29) is 0 Å². The molecule has 0 aliphatic rings. The van der Waals surface area contributed by atoms with Crippen LogP contribution >= 0.6 is 15.9 Å². The van der Waals surface area contributed by atoms with Crippen LogP contribution in [0.25, 0.3) is 0 Å². The number of nitrogen functional groups attached to an aromatic ring is 1. The predicted octanol–water partition coefficient (Wildman–Crippen LogP) is 3.66. The quantitative estimate of drug-likeness (QED) is 0.847. The van der Waals surface area contributed by atoms with E-state index >= 15 is 0 Å². The number of nitriles is 1. The van der Waals surface area contributed by atoms with Gasteiger partial charge in [-0.25, -0.2) is 0 Å². The molecule has 0 saturated heterocycles. The lowest BCUT2D eigenvalue weighted by Crippen LogP contribution is -1.98. The van der Waals surface area contributed by atoms with E-state index in [1.54, 1.807) is 25.3 Å². The van der Waals surface area contributed by atoms with Gasteiger partial charge < -0.3 is 15.8 Å². The molecule has 0 amide bonds. The monoisotopic (exact) mass is 317 g/mol. The van der Waals surface area contributed by atoms with Crippen LogP contribution in [-0.2, 0) is 0 Å². The minimum absolute atomic E-state index is 0.522. The number of halogens is 1. The molecule has 0 aliphatic heterocycles. The third-order valence-corrected chi connectivity index (χ3v) is 3.32. The van der Waals surface area contributed by atoms with E-state index in [0.717, 1.165) is 21.6 Å². The minimum Gasteiger partial charge on any atom is -0.497 e. The van der Waals surface area contributed by atoms with E-state index in [1.807, 2.05) is 18.2 Å². The normalized spacial score (nSPS) is 9.74. The second-order valence-corrected chi connectivity index (χ2v) is 4.74. The van der Waals surface area contributed by atoms with E-state index in [0.29, 0.717) is 11.3 Å². The van der Waals surface area contributed by atoms with Crippen LogP contribution in [0.5, 0.6) is 5.75 Å². The first-order chi connectivity index (χ1) is 9.13. The molecule has 96 valence electrons. The van der Waals surface area contributed by atoms with Crippen LogP contribution in [0.15, 0.2) is 40.9 Å². The number of nitrogens with two attached hydrogens (primary N) is 1. The number of rotatable bonds is 3. The van der Waals surface area contributed by atoms with Gasteiger partial charge in [0.15, 0.2) is 0 Å². The van der Waals surface area contributed by atoms with Gasteiger partial charge in [-0.3, -0.25) is 0 Å². The zero-order chi connectivity index (χ0) is 13.8. The summed E-state index contributed by atoms with van der Waals surface area (Å²) >= 11 is 3.46. The number of hydrogen-bond donors (Lipinski definition) is 2. The summed E-state index contributed by atoms with van der Waals surface area (Å²) in [6, 6.07) is 12.8. The molecular weight excluding hydrogens is 306 g/mol. The number of methoxy groups -OCH3 is 1. The number of hydrogen-bond acceptors (Lipinski definition) is 4. The Morgan fingerprint density at radius 1 is 1.21 bits per heavy atom. The highest BCUT2D eigenvalue weighted by Crippen LogP contribution is 2.32. The third kappa shape index (κ3) is 2.98. The Morgan fingerprint density at radius 3 is 2.63 bits per heavy atom. The Bertz CT molecular complexity index is 650.